The first kappa shape index (κ1) is 14.5. The Bertz CT molecular complexity index is 819. The Morgan fingerprint density at radius 2 is 2.14 bits per heavy atom. The number of hydrogen-bond donors (Lipinski definition) is 0. The molecule has 0 aliphatic heterocycles. The van der Waals surface area contributed by atoms with Crippen molar-refractivity contribution in [1.82, 2.24) is 9.78 Å². The minimum atomic E-state index is 0.138. The fourth-order valence-electron chi connectivity index (χ4n) is 2.45. The molecule has 0 bridgehead atoms. The largest absolute Gasteiger partial charge is 0.294 e. The third-order valence-corrected chi connectivity index (χ3v) is 5.49. The summed E-state index contributed by atoms with van der Waals surface area (Å²) in [6.45, 7) is 2.06. The number of carbonyl (C=O) groups excluding carboxylic acids is 1. The minimum Gasteiger partial charge on any atom is -0.294 e. The smallest absolute Gasteiger partial charge is 0.170 e. The second-order valence-corrected chi connectivity index (χ2v) is 6.63. The highest BCUT2D eigenvalue weighted by molar-refractivity contribution is 9.10. The third kappa shape index (κ3) is 2.56. The molecule has 0 aliphatic rings. The van der Waals surface area contributed by atoms with E-state index in [1.807, 2.05) is 36.7 Å². The van der Waals surface area contributed by atoms with Gasteiger partial charge in [0.2, 0.25) is 0 Å². The summed E-state index contributed by atoms with van der Waals surface area (Å²) in [6.07, 6.45) is 1.22. The normalized spacial score (nSPS) is 11.2. The Kier molecular flexibility index (Phi) is 3.95. The van der Waals surface area contributed by atoms with E-state index in [0.29, 0.717) is 6.42 Å². The van der Waals surface area contributed by atoms with Crippen molar-refractivity contribution in [2.24, 2.45) is 7.05 Å². The summed E-state index contributed by atoms with van der Waals surface area (Å²) >= 11 is 5.19. The van der Waals surface area contributed by atoms with Gasteiger partial charge in [-0.2, -0.15) is 5.10 Å². The van der Waals surface area contributed by atoms with Crippen LogP contribution in [0.3, 0.4) is 0 Å². The van der Waals surface area contributed by atoms with Gasteiger partial charge in [-0.15, -0.1) is 11.3 Å². The SMILES string of the molecule is CCc1nn(C)c(CC(=O)c2csc3ccccc23)c1Br. The van der Waals surface area contributed by atoms with Gasteiger partial charge in [0.15, 0.2) is 5.78 Å². The van der Waals surface area contributed by atoms with Gasteiger partial charge in [-0.05, 0) is 28.4 Å². The zero-order valence-corrected chi connectivity index (χ0v) is 14.3. The van der Waals surface area contributed by atoms with Crippen LogP contribution in [0.1, 0.15) is 28.7 Å². The molecule has 0 amide bonds. The van der Waals surface area contributed by atoms with Crippen LogP contribution >= 0.6 is 27.3 Å². The molecule has 3 rings (SSSR count). The molecule has 3 nitrogen and oxygen atoms in total. The van der Waals surface area contributed by atoms with Crippen molar-refractivity contribution >= 4 is 43.1 Å². The summed E-state index contributed by atoms with van der Waals surface area (Å²) in [5, 5.41) is 7.44. The second kappa shape index (κ2) is 5.73. The summed E-state index contributed by atoms with van der Waals surface area (Å²) < 4.78 is 3.91. The number of carbonyl (C=O) groups is 1. The lowest BCUT2D eigenvalue weighted by atomic mass is 10.1. The number of aryl methyl sites for hydroxylation is 2. The molecule has 0 unspecified atom stereocenters. The van der Waals surface area contributed by atoms with Crippen molar-refractivity contribution in [2.75, 3.05) is 0 Å². The summed E-state index contributed by atoms with van der Waals surface area (Å²) in [5.41, 5.74) is 2.74. The Morgan fingerprint density at radius 1 is 1.38 bits per heavy atom. The number of Topliss-reactive ketones (excluding diaryl/α,β-unsaturated/α-hetero) is 1. The summed E-state index contributed by atoms with van der Waals surface area (Å²) in [6, 6.07) is 8.03. The van der Waals surface area contributed by atoms with E-state index in [2.05, 4.69) is 28.0 Å². The van der Waals surface area contributed by atoms with Gasteiger partial charge in [0.25, 0.3) is 0 Å². The molecule has 0 N–H and O–H groups in total. The molecule has 1 aromatic carbocycles. The van der Waals surface area contributed by atoms with Gasteiger partial charge in [-0.1, -0.05) is 25.1 Å². The molecular formula is C16H15BrN2OS. The number of nitrogens with zero attached hydrogens (tertiary/aromatic N) is 2. The first-order chi connectivity index (χ1) is 10.1. The van der Waals surface area contributed by atoms with Crippen LogP contribution < -0.4 is 0 Å². The lowest BCUT2D eigenvalue weighted by Gasteiger charge is -2.02. The minimum absolute atomic E-state index is 0.138. The number of halogens is 1. The number of fused-ring (bicyclic) bond motifs is 1. The molecule has 5 heteroatoms. The van der Waals surface area contributed by atoms with Gasteiger partial charge in [0.1, 0.15) is 0 Å². The number of hydrogen-bond acceptors (Lipinski definition) is 3. The van der Waals surface area contributed by atoms with Crippen molar-refractivity contribution in [2.45, 2.75) is 19.8 Å². The molecule has 2 heterocycles. The zero-order valence-electron chi connectivity index (χ0n) is 11.9. The zero-order chi connectivity index (χ0) is 15.0. The van der Waals surface area contributed by atoms with E-state index >= 15 is 0 Å². The van der Waals surface area contributed by atoms with Gasteiger partial charge in [0.05, 0.1) is 22.3 Å². The van der Waals surface area contributed by atoms with Crippen molar-refractivity contribution < 1.29 is 4.79 Å². The highest BCUT2D eigenvalue weighted by atomic mass is 79.9. The van der Waals surface area contributed by atoms with Crippen molar-refractivity contribution in [3.8, 4) is 0 Å². The Hall–Kier alpha value is -1.46. The van der Waals surface area contributed by atoms with Gasteiger partial charge < -0.3 is 0 Å². The van der Waals surface area contributed by atoms with Gasteiger partial charge in [-0.3, -0.25) is 9.48 Å². The number of thiophene rings is 1. The maximum absolute atomic E-state index is 12.6. The predicted octanol–water partition coefficient (Wildman–Crippen LogP) is 4.39. The summed E-state index contributed by atoms with van der Waals surface area (Å²) in [7, 11) is 1.89. The molecule has 0 spiro atoms. The van der Waals surface area contributed by atoms with Crippen molar-refractivity contribution in [3.63, 3.8) is 0 Å². The average molecular weight is 363 g/mol. The Morgan fingerprint density at radius 3 is 2.86 bits per heavy atom. The van der Waals surface area contributed by atoms with Crippen LogP contribution in [-0.2, 0) is 19.9 Å². The molecule has 0 fully saturated rings. The van der Waals surface area contributed by atoms with E-state index in [-0.39, 0.29) is 5.78 Å². The highest BCUT2D eigenvalue weighted by Crippen LogP contribution is 2.28. The lowest BCUT2D eigenvalue weighted by Crippen LogP contribution is -2.08. The van der Waals surface area contributed by atoms with Crippen LogP contribution in [0.15, 0.2) is 34.1 Å². The third-order valence-electron chi connectivity index (χ3n) is 3.61. The van der Waals surface area contributed by atoms with Crippen LogP contribution in [0.25, 0.3) is 10.1 Å². The second-order valence-electron chi connectivity index (χ2n) is 4.93. The number of rotatable bonds is 4. The first-order valence-corrected chi connectivity index (χ1v) is 8.48. The van der Waals surface area contributed by atoms with E-state index in [0.717, 1.165) is 37.9 Å². The lowest BCUT2D eigenvalue weighted by molar-refractivity contribution is 0.0992. The summed E-state index contributed by atoms with van der Waals surface area (Å²) in [4.78, 5) is 12.6. The van der Waals surface area contributed by atoms with E-state index in [4.69, 9.17) is 0 Å². The maximum Gasteiger partial charge on any atom is 0.170 e. The van der Waals surface area contributed by atoms with Crippen LogP contribution in [-0.4, -0.2) is 15.6 Å². The molecule has 21 heavy (non-hydrogen) atoms. The van der Waals surface area contributed by atoms with Crippen LogP contribution in [0, 0.1) is 0 Å². The topological polar surface area (TPSA) is 34.9 Å². The quantitative estimate of drug-likeness (QED) is 0.645. The highest BCUT2D eigenvalue weighted by Gasteiger charge is 2.18. The molecule has 0 saturated carbocycles. The molecule has 0 atom stereocenters. The van der Waals surface area contributed by atoms with Crippen molar-refractivity contribution in [1.29, 1.82) is 0 Å². The molecule has 0 radical (unpaired) electrons. The fraction of sp³-hybridized carbons (Fsp3) is 0.250. The van der Waals surface area contributed by atoms with E-state index in [9.17, 15) is 4.79 Å². The maximum atomic E-state index is 12.6. The number of ketones is 1. The molecule has 0 aliphatic carbocycles. The Labute approximate surface area is 135 Å². The number of aromatic nitrogens is 2. The van der Waals surface area contributed by atoms with Crippen molar-refractivity contribution in [3.05, 3.63) is 51.1 Å². The van der Waals surface area contributed by atoms with Crippen LogP contribution in [0.4, 0.5) is 0 Å². The molecule has 108 valence electrons. The Balaban J connectivity index is 1.95. The molecule has 0 saturated heterocycles. The van der Waals surface area contributed by atoms with Gasteiger partial charge in [0, 0.05) is 28.1 Å². The van der Waals surface area contributed by atoms with Gasteiger partial charge >= 0.3 is 0 Å². The molecular weight excluding hydrogens is 348 g/mol. The monoisotopic (exact) mass is 362 g/mol. The van der Waals surface area contributed by atoms with E-state index in [1.54, 1.807) is 16.0 Å². The average Bonchev–Trinajstić information content (AvgIpc) is 3.03. The standard InChI is InChI=1S/C16H15BrN2OS/c1-3-12-16(17)13(19(2)18-12)8-14(20)11-9-21-15-7-5-4-6-10(11)15/h4-7,9H,3,8H2,1-2H3. The first-order valence-electron chi connectivity index (χ1n) is 6.81. The molecule has 3 aromatic rings. The van der Waals surface area contributed by atoms with Gasteiger partial charge in [-0.25, -0.2) is 0 Å². The van der Waals surface area contributed by atoms with E-state index < -0.39 is 0 Å². The number of benzene rings is 1. The predicted molar refractivity (Wildman–Crippen MR) is 90.1 cm³/mol. The fourth-order valence-corrected chi connectivity index (χ4v) is 4.17. The molecule has 2 aromatic heterocycles. The summed E-state index contributed by atoms with van der Waals surface area (Å²) in [5.74, 6) is 0.138. The van der Waals surface area contributed by atoms with Crippen LogP contribution in [0.5, 0.6) is 0 Å². The van der Waals surface area contributed by atoms with Crippen LogP contribution in [0.2, 0.25) is 0 Å². The van der Waals surface area contributed by atoms with E-state index in [1.165, 1.54) is 0 Å².